The van der Waals surface area contributed by atoms with Crippen LogP contribution in [0.15, 0.2) is 12.1 Å². The number of hydrogen-bond acceptors (Lipinski definition) is 4. The Morgan fingerprint density at radius 3 is 2.42 bits per heavy atom. The smallest absolute Gasteiger partial charge is 0.281 e. The molecule has 0 saturated heterocycles. The lowest BCUT2D eigenvalue weighted by atomic mass is 10.0. The highest BCUT2D eigenvalue weighted by molar-refractivity contribution is 7.86. The molecule has 19 heavy (non-hydrogen) atoms. The summed E-state index contributed by atoms with van der Waals surface area (Å²) >= 11 is 0. The van der Waals surface area contributed by atoms with Gasteiger partial charge >= 0.3 is 0 Å². The molecule has 7 heteroatoms. The summed E-state index contributed by atoms with van der Waals surface area (Å²) in [5, 5.41) is 0. The Balaban J connectivity index is 1.92. The second-order valence-electron chi connectivity index (χ2n) is 4.85. The van der Waals surface area contributed by atoms with Crippen LogP contribution in [0.1, 0.15) is 11.1 Å². The molecule has 0 fully saturated rings. The molecule has 0 aliphatic carbocycles. The Morgan fingerprint density at radius 1 is 1.16 bits per heavy atom. The van der Waals surface area contributed by atoms with Gasteiger partial charge in [-0.1, -0.05) is 0 Å². The lowest BCUT2D eigenvalue weighted by Crippen LogP contribution is -2.42. The number of ether oxygens (including phenoxy) is 2. The minimum atomic E-state index is -3.36. The monoisotopic (exact) mass is 284 g/mol. The van der Waals surface area contributed by atoms with Crippen molar-refractivity contribution >= 4 is 10.2 Å². The molecule has 0 bridgehead atoms. The number of fused-ring (bicyclic) bond motifs is 2. The van der Waals surface area contributed by atoms with Crippen LogP contribution >= 0.6 is 0 Å². The number of nitrogens with zero attached hydrogens (tertiary/aromatic N) is 2. The molecule has 2 aliphatic rings. The van der Waals surface area contributed by atoms with E-state index in [4.69, 9.17) is 9.47 Å². The van der Waals surface area contributed by atoms with Crippen molar-refractivity contribution in [1.82, 2.24) is 8.61 Å². The van der Waals surface area contributed by atoms with Crippen molar-refractivity contribution in [3.8, 4) is 11.5 Å². The van der Waals surface area contributed by atoms with E-state index in [1.165, 1.54) is 8.61 Å². The molecule has 1 aromatic rings. The van der Waals surface area contributed by atoms with E-state index in [1.54, 1.807) is 14.1 Å². The Morgan fingerprint density at radius 2 is 1.79 bits per heavy atom. The van der Waals surface area contributed by atoms with Gasteiger partial charge in [0, 0.05) is 27.2 Å². The number of benzene rings is 1. The minimum Gasteiger partial charge on any atom is -0.454 e. The van der Waals surface area contributed by atoms with Gasteiger partial charge < -0.3 is 9.47 Å². The van der Waals surface area contributed by atoms with E-state index in [0.29, 0.717) is 25.3 Å². The van der Waals surface area contributed by atoms with Gasteiger partial charge in [-0.3, -0.25) is 0 Å². The molecule has 0 atom stereocenters. The van der Waals surface area contributed by atoms with Gasteiger partial charge in [-0.25, -0.2) is 0 Å². The molecule has 1 aromatic carbocycles. The largest absolute Gasteiger partial charge is 0.454 e. The van der Waals surface area contributed by atoms with Crippen molar-refractivity contribution in [3.05, 3.63) is 23.3 Å². The van der Waals surface area contributed by atoms with Gasteiger partial charge in [-0.2, -0.15) is 17.0 Å². The summed E-state index contributed by atoms with van der Waals surface area (Å²) in [5.74, 6) is 1.45. The lowest BCUT2D eigenvalue weighted by molar-refractivity contribution is 0.174. The topological polar surface area (TPSA) is 59.1 Å². The summed E-state index contributed by atoms with van der Waals surface area (Å²) in [6.07, 6.45) is 0.693. The zero-order valence-corrected chi connectivity index (χ0v) is 11.7. The van der Waals surface area contributed by atoms with Crippen LogP contribution < -0.4 is 9.47 Å². The van der Waals surface area contributed by atoms with Crippen LogP contribution in [0.4, 0.5) is 0 Å². The van der Waals surface area contributed by atoms with Crippen molar-refractivity contribution in [2.45, 2.75) is 13.0 Å². The Hall–Kier alpha value is -1.31. The molecular weight excluding hydrogens is 268 g/mol. The third-order valence-corrected chi connectivity index (χ3v) is 5.35. The third-order valence-electron chi connectivity index (χ3n) is 3.46. The van der Waals surface area contributed by atoms with Crippen LogP contribution in [0, 0.1) is 0 Å². The van der Waals surface area contributed by atoms with E-state index in [0.717, 1.165) is 16.9 Å². The first-order valence-corrected chi connectivity index (χ1v) is 7.47. The molecule has 2 aliphatic heterocycles. The van der Waals surface area contributed by atoms with Gasteiger partial charge in [-0.05, 0) is 29.7 Å². The van der Waals surface area contributed by atoms with Crippen molar-refractivity contribution in [2.24, 2.45) is 0 Å². The predicted octanol–water partition coefficient (Wildman–Crippen LogP) is 0.580. The normalized spacial score (nSPS) is 18.7. The zero-order chi connectivity index (χ0) is 13.6. The van der Waals surface area contributed by atoms with Crippen LogP contribution in [0.5, 0.6) is 11.5 Å². The quantitative estimate of drug-likeness (QED) is 0.797. The highest BCUT2D eigenvalue weighted by Gasteiger charge is 2.30. The molecule has 104 valence electrons. The maximum absolute atomic E-state index is 12.1. The fourth-order valence-corrected chi connectivity index (χ4v) is 3.43. The van der Waals surface area contributed by atoms with E-state index in [2.05, 4.69) is 0 Å². The second kappa shape index (κ2) is 4.36. The first-order chi connectivity index (χ1) is 8.98. The van der Waals surface area contributed by atoms with Crippen molar-refractivity contribution in [3.63, 3.8) is 0 Å². The zero-order valence-electron chi connectivity index (χ0n) is 10.9. The first kappa shape index (κ1) is 12.7. The van der Waals surface area contributed by atoms with Crippen molar-refractivity contribution < 1.29 is 17.9 Å². The predicted molar refractivity (Wildman–Crippen MR) is 69.3 cm³/mol. The molecule has 0 amide bonds. The SMILES string of the molecule is CN(C)S(=O)(=O)N1CCc2cc3c(cc2C1)OCO3. The number of rotatable bonds is 2. The van der Waals surface area contributed by atoms with Crippen LogP contribution in [0.2, 0.25) is 0 Å². The Labute approximate surface area is 112 Å². The summed E-state index contributed by atoms with van der Waals surface area (Å²) < 4.78 is 37.6. The third kappa shape index (κ3) is 2.07. The molecular formula is C12H16N2O4S. The summed E-state index contributed by atoms with van der Waals surface area (Å²) in [4.78, 5) is 0. The van der Waals surface area contributed by atoms with Crippen LogP contribution in [-0.4, -0.2) is 44.5 Å². The Kier molecular flexibility index (Phi) is 2.92. The van der Waals surface area contributed by atoms with E-state index in [-0.39, 0.29) is 6.79 Å². The first-order valence-electron chi connectivity index (χ1n) is 6.07. The van der Waals surface area contributed by atoms with Gasteiger partial charge in [0.05, 0.1) is 0 Å². The van der Waals surface area contributed by atoms with E-state index in [9.17, 15) is 8.42 Å². The van der Waals surface area contributed by atoms with E-state index >= 15 is 0 Å². The highest BCUT2D eigenvalue weighted by atomic mass is 32.2. The average Bonchev–Trinajstić information content (AvgIpc) is 2.82. The molecule has 0 spiro atoms. The maximum atomic E-state index is 12.1. The molecule has 3 rings (SSSR count). The van der Waals surface area contributed by atoms with Gasteiger partial charge in [0.1, 0.15) is 0 Å². The summed E-state index contributed by atoms with van der Waals surface area (Å²) in [7, 11) is -0.270. The van der Waals surface area contributed by atoms with Crippen molar-refractivity contribution in [2.75, 3.05) is 27.4 Å². The van der Waals surface area contributed by atoms with Crippen LogP contribution in [0.25, 0.3) is 0 Å². The standard InChI is InChI=1S/C12H16N2O4S/c1-13(2)19(15,16)14-4-3-9-5-11-12(18-8-17-11)6-10(9)7-14/h5-6H,3-4,7-8H2,1-2H3. The molecule has 0 saturated carbocycles. The van der Waals surface area contributed by atoms with E-state index in [1.807, 2.05) is 12.1 Å². The average molecular weight is 284 g/mol. The second-order valence-corrected chi connectivity index (χ2v) is 6.99. The van der Waals surface area contributed by atoms with Crippen LogP contribution in [-0.2, 0) is 23.2 Å². The van der Waals surface area contributed by atoms with Gasteiger partial charge in [-0.15, -0.1) is 0 Å². The summed E-state index contributed by atoms with van der Waals surface area (Å²) in [6, 6.07) is 3.84. The van der Waals surface area contributed by atoms with Crippen LogP contribution in [0.3, 0.4) is 0 Å². The fourth-order valence-electron chi connectivity index (χ4n) is 2.35. The molecule has 6 nitrogen and oxygen atoms in total. The minimum absolute atomic E-state index is 0.234. The molecule has 0 aromatic heterocycles. The number of hydrogen-bond donors (Lipinski definition) is 0. The maximum Gasteiger partial charge on any atom is 0.281 e. The molecule has 2 heterocycles. The van der Waals surface area contributed by atoms with E-state index < -0.39 is 10.2 Å². The van der Waals surface area contributed by atoms with Gasteiger partial charge in [0.2, 0.25) is 6.79 Å². The molecule has 0 radical (unpaired) electrons. The van der Waals surface area contributed by atoms with Gasteiger partial charge in [0.15, 0.2) is 11.5 Å². The molecule has 0 N–H and O–H groups in total. The van der Waals surface area contributed by atoms with Crippen molar-refractivity contribution in [1.29, 1.82) is 0 Å². The summed E-state index contributed by atoms with van der Waals surface area (Å²) in [5.41, 5.74) is 2.12. The lowest BCUT2D eigenvalue weighted by Gasteiger charge is -2.30. The summed E-state index contributed by atoms with van der Waals surface area (Å²) in [6.45, 7) is 1.11. The molecule has 0 unspecified atom stereocenters. The fraction of sp³-hybridized carbons (Fsp3) is 0.500. The van der Waals surface area contributed by atoms with Gasteiger partial charge in [0.25, 0.3) is 10.2 Å². The highest BCUT2D eigenvalue weighted by Crippen LogP contribution is 2.37. The Bertz CT molecular complexity index is 612.